The molecular weight excluding hydrogens is 386 g/mol. The van der Waals surface area contributed by atoms with Gasteiger partial charge < -0.3 is 10.6 Å². The minimum atomic E-state index is 0.000377. The van der Waals surface area contributed by atoms with Gasteiger partial charge in [0.1, 0.15) is 0 Å². The van der Waals surface area contributed by atoms with Gasteiger partial charge in [-0.3, -0.25) is 9.20 Å². The first-order valence-electron chi connectivity index (χ1n) is 11.2. The van der Waals surface area contributed by atoms with Crippen molar-refractivity contribution in [3.8, 4) is 11.3 Å². The highest BCUT2D eigenvalue weighted by atomic mass is 16.1. The number of benzene rings is 2. The summed E-state index contributed by atoms with van der Waals surface area (Å²) in [6.07, 6.45) is 7.54. The Hall–Kier alpha value is -3.41. The molecule has 6 nitrogen and oxygen atoms in total. The Labute approximate surface area is 181 Å². The van der Waals surface area contributed by atoms with Crippen molar-refractivity contribution >= 4 is 28.4 Å². The minimum absolute atomic E-state index is 0.000377. The molecule has 1 amide bonds. The third-order valence-corrected chi connectivity index (χ3v) is 5.76. The fourth-order valence-corrected chi connectivity index (χ4v) is 3.87. The summed E-state index contributed by atoms with van der Waals surface area (Å²) in [5.41, 5.74) is 5.45. The van der Waals surface area contributed by atoms with Crippen LogP contribution in [-0.4, -0.2) is 32.9 Å². The number of carbonyl (C=O) groups is 1. The third kappa shape index (κ3) is 3.98. The molecule has 2 aromatic heterocycles. The molecule has 0 radical (unpaired) electrons. The average Bonchev–Trinajstić information content (AvgIpc) is 3.50. The first-order valence-corrected chi connectivity index (χ1v) is 11.2. The van der Waals surface area contributed by atoms with Gasteiger partial charge in [0.25, 0.3) is 5.91 Å². The lowest BCUT2D eigenvalue weighted by molar-refractivity contribution is 0.0951. The lowest BCUT2D eigenvalue weighted by Gasteiger charge is -2.11. The number of unbranched alkanes of at least 4 members (excludes halogenated alkanes) is 2. The number of imidazole rings is 1. The van der Waals surface area contributed by atoms with Gasteiger partial charge in [0.05, 0.1) is 22.9 Å². The fourth-order valence-electron chi connectivity index (χ4n) is 3.87. The zero-order chi connectivity index (χ0) is 21.2. The molecule has 2 aromatic carbocycles. The topological polar surface area (TPSA) is 71.3 Å². The van der Waals surface area contributed by atoms with E-state index in [1.54, 1.807) is 0 Å². The molecule has 6 heteroatoms. The molecule has 158 valence electrons. The summed E-state index contributed by atoms with van der Waals surface area (Å²) in [5.74, 6) is 0.807. The lowest BCUT2D eigenvalue weighted by Crippen LogP contribution is -2.25. The van der Waals surface area contributed by atoms with E-state index < -0.39 is 0 Å². The molecule has 1 fully saturated rings. The van der Waals surface area contributed by atoms with Crippen molar-refractivity contribution in [1.29, 1.82) is 0 Å². The molecule has 5 rings (SSSR count). The molecule has 0 spiro atoms. The molecule has 1 saturated carbocycles. The Balaban J connectivity index is 1.53. The summed E-state index contributed by atoms with van der Waals surface area (Å²) in [6, 6.07) is 16.2. The van der Waals surface area contributed by atoms with Crippen molar-refractivity contribution in [2.75, 3.05) is 11.9 Å². The number of hydrogen-bond acceptors (Lipinski definition) is 4. The molecule has 2 heterocycles. The Bertz CT molecular complexity index is 1220. The van der Waals surface area contributed by atoms with E-state index in [1.807, 2.05) is 48.7 Å². The van der Waals surface area contributed by atoms with E-state index in [0.717, 1.165) is 59.6 Å². The Morgan fingerprint density at radius 3 is 2.68 bits per heavy atom. The van der Waals surface area contributed by atoms with Crippen molar-refractivity contribution < 1.29 is 4.79 Å². The summed E-state index contributed by atoms with van der Waals surface area (Å²) in [5, 5.41) is 6.52. The highest BCUT2D eigenvalue weighted by Gasteiger charge is 2.23. The number of rotatable bonds is 8. The summed E-state index contributed by atoms with van der Waals surface area (Å²) in [6.45, 7) is 3.08. The largest absolute Gasteiger partial charge is 0.367 e. The third-order valence-electron chi connectivity index (χ3n) is 5.76. The van der Waals surface area contributed by atoms with E-state index in [9.17, 15) is 4.79 Å². The molecule has 0 atom stereocenters. The zero-order valence-corrected chi connectivity index (χ0v) is 17.8. The van der Waals surface area contributed by atoms with Gasteiger partial charge in [-0.2, -0.15) is 0 Å². The van der Waals surface area contributed by atoms with Gasteiger partial charge in [0, 0.05) is 23.7 Å². The zero-order valence-electron chi connectivity index (χ0n) is 17.8. The molecule has 31 heavy (non-hydrogen) atoms. The molecular formula is C25H27N5O. The van der Waals surface area contributed by atoms with E-state index in [0.29, 0.717) is 11.6 Å². The van der Waals surface area contributed by atoms with Crippen LogP contribution in [0.1, 0.15) is 49.4 Å². The van der Waals surface area contributed by atoms with Crippen LogP contribution < -0.4 is 10.6 Å². The number of aromatic nitrogens is 3. The van der Waals surface area contributed by atoms with Crippen molar-refractivity contribution in [2.45, 2.75) is 45.1 Å². The molecule has 1 aliphatic carbocycles. The van der Waals surface area contributed by atoms with Gasteiger partial charge >= 0.3 is 0 Å². The second-order valence-electron chi connectivity index (χ2n) is 8.21. The summed E-state index contributed by atoms with van der Waals surface area (Å²) < 4.78 is 2.16. The van der Waals surface area contributed by atoms with Crippen LogP contribution in [-0.2, 0) is 0 Å². The van der Waals surface area contributed by atoms with E-state index >= 15 is 0 Å². The maximum atomic E-state index is 12.3. The Morgan fingerprint density at radius 1 is 1.10 bits per heavy atom. The normalized spacial score (nSPS) is 13.6. The van der Waals surface area contributed by atoms with Gasteiger partial charge in [-0.25, -0.2) is 9.97 Å². The van der Waals surface area contributed by atoms with E-state index in [1.165, 1.54) is 12.8 Å². The molecule has 0 bridgehead atoms. The number of carbonyl (C=O) groups excluding carboxylic acids is 1. The van der Waals surface area contributed by atoms with Gasteiger partial charge in [-0.05, 0) is 43.5 Å². The maximum Gasteiger partial charge on any atom is 0.251 e. The highest BCUT2D eigenvalue weighted by Crippen LogP contribution is 2.29. The standard InChI is InChI=1S/C25H27N5O/c1-2-3-6-15-26-23-24-27-16-22(30(24)21-8-5-4-7-20(21)29-23)17-9-11-18(12-10-17)25(31)28-19-13-14-19/h4-5,7-12,16,19H,2-3,6,13-15H2,1H3,(H,26,29)(H,28,31). The summed E-state index contributed by atoms with van der Waals surface area (Å²) in [4.78, 5) is 21.9. The van der Waals surface area contributed by atoms with Gasteiger partial charge in [-0.1, -0.05) is 44.0 Å². The molecule has 0 saturated heterocycles. The van der Waals surface area contributed by atoms with Crippen molar-refractivity contribution in [2.24, 2.45) is 0 Å². The number of amides is 1. The number of para-hydroxylation sites is 2. The molecule has 0 unspecified atom stereocenters. The summed E-state index contributed by atoms with van der Waals surface area (Å²) >= 11 is 0. The van der Waals surface area contributed by atoms with E-state index in [2.05, 4.69) is 28.0 Å². The van der Waals surface area contributed by atoms with E-state index in [4.69, 9.17) is 9.97 Å². The predicted octanol–water partition coefficient (Wildman–Crippen LogP) is 5.04. The minimum Gasteiger partial charge on any atom is -0.367 e. The van der Waals surface area contributed by atoms with Crippen LogP contribution in [0.4, 0.5) is 5.82 Å². The molecule has 4 aromatic rings. The number of nitrogens with one attached hydrogen (secondary N) is 2. The Morgan fingerprint density at radius 2 is 1.90 bits per heavy atom. The van der Waals surface area contributed by atoms with Crippen molar-refractivity contribution in [3.63, 3.8) is 0 Å². The maximum absolute atomic E-state index is 12.3. The monoisotopic (exact) mass is 413 g/mol. The van der Waals surface area contributed by atoms with Crippen LogP contribution in [0.25, 0.3) is 27.9 Å². The van der Waals surface area contributed by atoms with Crippen molar-refractivity contribution in [1.82, 2.24) is 19.7 Å². The molecule has 2 N–H and O–H groups in total. The predicted molar refractivity (Wildman–Crippen MR) is 124 cm³/mol. The second kappa shape index (κ2) is 8.38. The number of fused-ring (bicyclic) bond motifs is 3. The first kappa shape index (κ1) is 19.5. The number of nitrogens with zero attached hydrogens (tertiary/aromatic N) is 3. The van der Waals surface area contributed by atoms with E-state index in [-0.39, 0.29) is 5.91 Å². The van der Waals surface area contributed by atoms with Crippen molar-refractivity contribution in [3.05, 3.63) is 60.3 Å². The quantitative estimate of drug-likeness (QED) is 0.397. The van der Waals surface area contributed by atoms with Crippen LogP contribution in [0.3, 0.4) is 0 Å². The molecule has 0 aliphatic heterocycles. The average molecular weight is 414 g/mol. The Kier molecular flexibility index (Phi) is 5.28. The van der Waals surface area contributed by atoms with Crippen LogP contribution in [0.2, 0.25) is 0 Å². The smallest absolute Gasteiger partial charge is 0.251 e. The van der Waals surface area contributed by atoms with Crippen LogP contribution in [0.15, 0.2) is 54.7 Å². The van der Waals surface area contributed by atoms with Gasteiger partial charge in [0.15, 0.2) is 11.5 Å². The van der Waals surface area contributed by atoms with Crippen LogP contribution >= 0.6 is 0 Å². The first-order chi connectivity index (χ1) is 15.2. The summed E-state index contributed by atoms with van der Waals surface area (Å²) in [7, 11) is 0. The molecule has 1 aliphatic rings. The number of anilines is 1. The van der Waals surface area contributed by atoms with Gasteiger partial charge in [-0.15, -0.1) is 0 Å². The lowest BCUT2D eigenvalue weighted by atomic mass is 10.1. The second-order valence-corrected chi connectivity index (χ2v) is 8.21. The van der Waals surface area contributed by atoms with Crippen LogP contribution in [0.5, 0.6) is 0 Å². The SMILES string of the molecule is CCCCCNc1nc2ccccc2n2c(-c3ccc(C(=O)NC4CC4)cc3)cnc12. The van der Waals surface area contributed by atoms with Crippen LogP contribution in [0, 0.1) is 0 Å². The fraction of sp³-hybridized carbons (Fsp3) is 0.320. The highest BCUT2D eigenvalue weighted by molar-refractivity contribution is 5.95. The number of hydrogen-bond donors (Lipinski definition) is 2. The van der Waals surface area contributed by atoms with Gasteiger partial charge in [0.2, 0.25) is 0 Å².